The first-order chi connectivity index (χ1) is 10.8. The molecule has 0 unspecified atom stereocenters. The lowest BCUT2D eigenvalue weighted by atomic mass is 10.3. The van der Waals surface area contributed by atoms with Gasteiger partial charge in [0.2, 0.25) is 4.80 Å². The SMILES string of the molecule is C=CCN=c1scc(-c2ccco2)n1N=Cc1sccc1C. The molecule has 3 heterocycles. The van der Waals surface area contributed by atoms with Gasteiger partial charge in [0.15, 0.2) is 5.76 Å². The van der Waals surface area contributed by atoms with Gasteiger partial charge in [-0.1, -0.05) is 6.08 Å². The first-order valence-electron chi connectivity index (χ1n) is 6.74. The third kappa shape index (κ3) is 3.03. The van der Waals surface area contributed by atoms with E-state index in [9.17, 15) is 0 Å². The van der Waals surface area contributed by atoms with E-state index in [2.05, 4.69) is 35.0 Å². The Labute approximate surface area is 136 Å². The smallest absolute Gasteiger partial charge is 0.206 e. The molecule has 22 heavy (non-hydrogen) atoms. The second kappa shape index (κ2) is 6.72. The summed E-state index contributed by atoms with van der Waals surface area (Å²) in [6, 6.07) is 5.87. The van der Waals surface area contributed by atoms with Crippen molar-refractivity contribution in [3.63, 3.8) is 0 Å². The molecule has 0 saturated heterocycles. The molecular formula is C16H15N3OS2. The van der Waals surface area contributed by atoms with Crippen LogP contribution in [0.25, 0.3) is 11.5 Å². The number of furan rings is 1. The summed E-state index contributed by atoms with van der Waals surface area (Å²) in [4.78, 5) is 6.44. The van der Waals surface area contributed by atoms with Crippen molar-refractivity contribution in [1.82, 2.24) is 4.68 Å². The highest BCUT2D eigenvalue weighted by atomic mass is 32.1. The molecule has 0 radical (unpaired) electrons. The van der Waals surface area contributed by atoms with E-state index in [1.807, 2.05) is 28.4 Å². The molecule has 0 saturated carbocycles. The van der Waals surface area contributed by atoms with Crippen LogP contribution in [0.4, 0.5) is 0 Å². The molecule has 0 aliphatic rings. The van der Waals surface area contributed by atoms with Gasteiger partial charge in [-0.25, -0.2) is 4.68 Å². The molecule has 0 N–H and O–H groups in total. The zero-order chi connectivity index (χ0) is 15.4. The number of aryl methyl sites for hydroxylation is 1. The molecule has 6 heteroatoms. The van der Waals surface area contributed by atoms with Gasteiger partial charge >= 0.3 is 0 Å². The topological polar surface area (TPSA) is 42.8 Å². The molecule has 4 nitrogen and oxygen atoms in total. The fourth-order valence-corrected chi connectivity index (χ4v) is 3.49. The molecule has 3 aromatic rings. The van der Waals surface area contributed by atoms with Crippen LogP contribution in [-0.2, 0) is 0 Å². The average molecular weight is 329 g/mol. The van der Waals surface area contributed by atoms with E-state index in [-0.39, 0.29) is 0 Å². The van der Waals surface area contributed by atoms with E-state index in [1.54, 1.807) is 23.7 Å². The number of hydrogen-bond donors (Lipinski definition) is 0. The van der Waals surface area contributed by atoms with Crippen LogP contribution >= 0.6 is 22.7 Å². The second-order valence-corrected chi connectivity index (χ2v) is 6.32. The highest BCUT2D eigenvalue weighted by molar-refractivity contribution is 7.11. The summed E-state index contributed by atoms with van der Waals surface area (Å²) in [6.45, 7) is 6.34. The van der Waals surface area contributed by atoms with E-state index in [1.165, 1.54) is 16.9 Å². The molecule has 0 aliphatic heterocycles. The first kappa shape index (κ1) is 14.7. The van der Waals surface area contributed by atoms with Gasteiger partial charge in [0.1, 0.15) is 5.69 Å². The van der Waals surface area contributed by atoms with Crippen molar-refractivity contribution >= 4 is 28.9 Å². The van der Waals surface area contributed by atoms with Crippen LogP contribution in [0, 0.1) is 6.92 Å². The molecule has 0 amide bonds. The maximum absolute atomic E-state index is 5.49. The van der Waals surface area contributed by atoms with Crippen LogP contribution in [0.15, 0.2) is 62.4 Å². The highest BCUT2D eigenvalue weighted by Gasteiger charge is 2.09. The van der Waals surface area contributed by atoms with Crippen LogP contribution in [0.1, 0.15) is 10.4 Å². The molecule has 0 atom stereocenters. The van der Waals surface area contributed by atoms with E-state index in [0.29, 0.717) is 6.54 Å². The Morgan fingerprint density at radius 1 is 1.36 bits per heavy atom. The summed E-state index contributed by atoms with van der Waals surface area (Å²) in [5.41, 5.74) is 2.11. The Bertz CT molecular complexity index is 850. The van der Waals surface area contributed by atoms with E-state index < -0.39 is 0 Å². The maximum Gasteiger partial charge on any atom is 0.206 e. The summed E-state index contributed by atoms with van der Waals surface area (Å²) >= 11 is 3.20. The number of rotatable bonds is 5. The largest absolute Gasteiger partial charge is 0.463 e. The highest BCUT2D eigenvalue weighted by Crippen LogP contribution is 2.21. The van der Waals surface area contributed by atoms with Crippen LogP contribution in [0.2, 0.25) is 0 Å². The van der Waals surface area contributed by atoms with E-state index >= 15 is 0 Å². The van der Waals surface area contributed by atoms with Crippen molar-refractivity contribution < 1.29 is 4.42 Å². The lowest BCUT2D eigenvalue weighted by molar-refractivity contribution is 0.575. The summed E-state index contributed by atoms with van der Waals surface area (Å²) in [5.74, 6) is 0.774. The standard InChI is InChI=1S/C16H15N3OS2/c1-3-7-17-16-19(18-10-15-12(2)6-9-21-15)13(11-22-16)14-5-4-8-20-14/h3-6,8-11H,1,7H2,2H3. The molecule has 0 fully saturated rings. The van der Waals surface area contributed by atoms with Gasteiger partial charge < -0.3 is 4.42 Å². The Morgan fingerprint density at radius 2 is 2.27 bits per heavy atom. The van der Waals surface area contributed by atoms with Crippen molar-refractivity contribution in [2.75, 3.05) is 6.54 Å². The zero-order valence-corrected chi connectivity index (χ0v) is 13.7. The van der Waals surface area contributed by atoms with Gasteiger partial charge in [0.25, 0.3) is 0 Å². The van der Waals surface area contributed by atoms with Gasteiger partial charge in [-0.3, -0.25) is 4.99 Å². The van der Waals surface area contributed by atoms with Gasteiger partial charge in [-0.15, -0.1) is 29.3 Å². The van der Waals surface area contributed by atoms with Gasteiger partial charge in [0.05, 0.1) is 23.9 Å². The minimum Gasteiger partial charge on any atom is -0.463 e. The molecular weight excluding hydrogens is 314 g/mol. The molecule has 112 valence electrons. The molecule has 0 spiro atoms. The lowest BCUT2D eigenvalue weighted by Crippen LogP contribution is -2.12. The predicted octanol–water partition coefficient (Wildman–Crippen LogP) is 4.15. The van der Waals surface area contributed by atoms with E-state index in [4.69, 9.17) is 4.42 Å². The van der Waals surface area contributed by atoms with Crippen molar-refractivity contribution in [2.45, 2.75) is 6.92 Å². The number of thiazole rings is 1. The van der Waals surface area contributed by atoms with Crippen LogP contribution in [0.5, 0.6) is 0 Å². The quantitative estimate of drug-likeness (QED) is 0.512. The fourth-order valence-electron chi connectivity index (χ4n) is 1.88. The molecule has 3 aromatic heterocycles. The van der Waals surface area contributed by atoms with Crippen LogP contribution in [0.3, 0.4) is 0 Å². The maximum atomic E-state index is 5.49. The van der Waals surface area contributed by atoms with Gasteiger partial charge in [0, 0.05) is 5.38 Å². The zero-order valence-electron chi connectivity index (χ0n) is 12.1. The van der Waals surface area contributed by atoms with Crippen molar-refractivity contribution in [3.05, 3.63) is 63.1 Å². The van der Waals surface area contributed by atoms with Crippen molar-refractivity contribution in [1.29, 1.82) is 0 Å². The Balaban J connectivity index is 2.07. The molecule has 0 aliphatic carbocycles. The monoisotopic (exact) mass is 329 g/mol. The Morgan fingerprint density at radius 3 is 2.95 bits per heavy atom. The number of hydrogen-bond acceptors (Lipinski definition) is 5. The van der Waals surface area contributed by atoms with Gasteiger partial charge in [-0.05, 0) is 36.1 Å². The van der Waals surface area contributed by atoms with Crippen molar-refractivity contribution in [3.8, 4) is 11.5 Å². The number of aromatic nitrogens is 1. The summed E-state index contributed by atoms with van der Waals surface area (Å²) in [6.07, 6.45) is 5.29. The Hall–Kier alpha value is -2.18. The van der Waals surface area contributed by atoms with Crippen LogP contribution < -0.4 is 4.80 Å². The Kier molecular flexibility index (Phi) is 4.50. The average Bonchev–Trinajstić information content (AvgIpc) is 3.23. The summed E-state index contributed by atoms with van der Waals surface area (Å²) in [7, 11) is 0. The molecule has 3 rings (SSSR count). The van der Waals surface area contributed by atoms with Crippen molar-refractivity contribution in [2.24, 2.45) is 10.1 Å². The third-order valence-electron chi connectivity index (χ3n) is 3.01. The minimum atomic E-state index is 0.561. The predicted molar refractivity (Wildman–Crippen MR) is 92.7 cm³/mol. The molecule has 0 bridgehead atoms. The lowest BCUT2D eigenvalue weighted by Gasteiger charge is -2.00. The van der Waals surface area contributed by atoms with E-state index in [0.717, 1.165) is 21.1 Å². The second-order valence-electron chi connectivity index (χ2n) is 4.53. The summed E-state index contributed by atoms with van der Waals surface area (Å²) < 4.78 is 7.30. The number of nitrogens with zero attached hydrogens (tertiary/aromatic N) is 3. The minimum absolute atomic E-state index is 0.561. The third-order valence-corrected chi connectivity index (χ3v) is 4.81. The van der Waals surface area contributed by atoms with Crippen LogP contribution in [-0.4, -0.2) is 17.4 Å². The number of thiophene rings is 1. The normalized spacial score (nSPS) is 12.3. The summed E-state index contributed by atoms with van der Waals surface area (Å²) in [5, 5.41) is 8.66. The molecule has 0 aromatic carbocycles. The first-order valence-corrected chi connectivity index (χ1v) is 8.50. The van der Waals surface area contributed by atoms with Gasteiger partial charge in [-0.2, -0.15) is 5.10 Å². The fraction of sp³-hybridized carbons (Fsp3) is 0.125.